The molecule has 1 fully saturated rings. The largest absolute Gasteiger partial charge is 0.352 e. The lowest BCUT2D eigenvalue weighted by atomic mass is 10.1. The average Bonchev–Trinajstić information content (AvgIpc) is 3.33. The van der Waals surface area contributed by atoms with E-state index in [1.54, 1.807) is 0 Å². The summed E-state index contributed by atoms with van der Waals surface area (Å²) in [5.74, 6) is 0. The van der Waals surface area contributed by atoms with Crippen molar-refractivity contribution in [1.82, 2.24) is 4.98 Å². The minimum Gasteiger partial charge on any atom is -0.352 e. The normalized spacial score (nSPS) is 20.3. The minimum absolute atomic E-state index is 0.378. The van der Waals surface area contributed by atoms with Crippen LogP contribution in [0.15, 0.2) is 85.2 Å². The van der Waals surface area contributed by atoms with E-state index in [1.807, 2.05) is 18.5 Å². The van der Waals surface area contributed by atoms with Crippen LogP contribution >= 0.6 is 0 Å². The third kappa shape index (κ3) is 2.19. The number of aromatic nitrogens is 1. The summed E-state index contributed by atoms with van der Waals surface area (Å²) >= 11 is 0. The first-order valence-corrected chi connectivity index (χ1v) is 7.23. The van der Waals surface area contributed by atoms with Crippen molar-refractivity contribution in [2.75, 3.05) is 4.90 Å². The number of nitrogens with zero attached hydrogens (tertiary/aromatic N) is 2. The molecule has 2 aromatic carbocycles. The van der Waals surface area contributed by atoms with E-state index in [0.717, 1.165) is 0 Å². The molecule has 2 heteroatoms. The molecule has 0 spiro atoms. The van der Waals surface area contributed by atoms with Crippen molar-refractivity contribution in [2.45, 2.75) is 12.1 Å². The highest BCUT2D eigenvalue weighted by Gasteiger charge is 2.49. The molecule has 4 rings (SSSR count). The zero-order valence-electron chi connectivity index (χ0n) is 11.6. The molecule has 102 valence electrons. The summed E-state index contributed by atoms with van der Waals surface area (Å²) in [6.07, 6.45) is 3.81. The first kappa shape index (κ1) is 12.2. The number of pyridine rings is 1. The zero-order valence-corrected chi connectivity index (χ0v) is 11.6. The van der Waals surface area contributed by atoms with Crippen molar-refractivity contribution >= 4 is 5.69 Å². The van der Waals surface area contributed by atoms with Crippen LogP contribution in [0.1, 0.15) is 23.2 Å². The van der Waals surface area contributed by atoms with E-state index in [-0.39, 0.29) is 0 Å². The fourth-order valence-electron chi connectivity index (χ4n) is 3.04. The Morgan fingerprint density at radius 1 is 0.667 bits per heavy atom. The van der Waals surface area contributed by atoms with Crippen LogP contribution in [0.2, 0.25) is 0 Å². The van der Waals surface area contributed by atoms with Crippen LogP contribution in [0, 0.1) is 0 Å². The summed E-state index contributed by atoms with van der Waals surface area (Å²) in [6.45, 7) is 0. The van der Waals surface area contributed by atoms with Crippen molar-refractivity contribution in [3.8, 4) is 0 Å². The van der Waals surface area contributed by atoms with Crippen molar-refractivity contribution < 1.29 is 0 Å². The number of para-hydroxylation sites is 1. The van der Waals surface area contributed by atoms with Gasteiger partial charge < -0.3 is 4.90 Å². The molecule has 0 amide bonds. The first-order chi connectivity index (χ1) is 10.4. The number of benzene rings is 2. The fourth-order valence-corrected chi connectivity index (χ4v) is 3.04. The van der Waals surface area contributed by atoms with E-state index in [9.17, 15) is 0 Å². The van der Waals surface area contributed by atoms with Gasteiger partial charge in [0.2, 0.25) is 0 Å². The van der Waals surface area contributed by atoms with Gasteiger partial charge in [-0.25, -0.2) is 0 Å². The molecular weight excluding hydrogens is 256 g/mol. The van der Waals surface area contributed by atoms with Crippen molar-refractivity contribution in [2.24, 2.45) is 0 Å². The van der Waals surface area contributed by atoms with Crippen molar-refractivity contribution in [3.05, 3.63) is 96.3 Å². The smallest absolute Gasteiger partial charge is 0.0810 e. The third-order valence-corrected chi connectivity index (χ3v) is 4.03. The predicted octanol–water partition coefficient (Wildman–Crippen LogP) is 4.38. The molecule has 2 heterocycles. The summed E-state index contributed by atoms with van der Waals surface area (Å²) in [5, 5.41) is 0. The maximum absolute atomic E-state index is 4.28. The Morgan fingerprint density at radius 3 is 1.95 bits per heavy atom. The SMILES string of the molecule is c1ccc([C@H]2[C@H](c3cccnc3)N2c2ccccc2)cc1. The maximum Gasteiger partial charge on any atom is 0.0810 e. The molecule has 1 aromatic heterocycles. The molecule has 1 aliphatic heterocycles. The quantitative estimate of drug-likeness (QED) is 0.657. The van der Waals surface area contributed by atoms with Crippen LogP contribution in [0.3, 0.4) is 0 Å². The lowest BCUT2D eigenvalue weighted by Crippen LogP contribution is -1.95. The van der Waals surface area contributed by atoms with Crippen LogP contribution in [-0.4, -0.2) is 4.98 Å². The summed E-state index contributed by atoms with van der Waals surface area (Å²) < 4.78 is 0. The van der Waals surface area contributed by atoms with Crippen molar-refractivity contribution in [3.63, 3.8) is 0 Å². The number of anilines is 1. The maximum atomic E-state index is 4.28. The molecule has 21 heavy (non-hydrogen) atoms. The minimum atomic E-state index is 0.378. The Hall–Kier alpha value is -2.61. The van der Waals surface area contributed by atoms with E-state index >= 15 is 0 Å². The van der Waals surface area contributed by atoms with Gasteiger partial charge >= 0.3 is 0 Å². The highest BCUT2D eigenvalue weighted by atomic mass is 15.4. The monoisotopic (exact) mass is 272 g/mol. The molecule has 2 atom stereocenters. The summed E-state index contributed by atoms with van der Waals surface area (Å²) in [4.78, 5) is 6.73. The molecule has 0 bridgehead atoms. The fraction of sp³-hybridized carbons (Fsp3) is 0.105. The highest BCUT2D eigenvalue weighted by Crippen LogP contribution is 2.56. The van der Waals surface area contributed by atoms with E-state index in [4.69, 9.17) is 0 Å². The molecule has 0 saturated carbocycles. The van der Waals surface area contributed by atoms with Crippen LogP contribution in [0.4, 0.5) is 5.69 Å². The second-order valence-electron chi connectivity index (χ2n) is 5.33. The van der Waals surface area contributed by atoms with E-state index < -0.39 is 0 Å². The molecular formula is C19H16N2. The van der Waals surface area contributed by atoms with Gasteiger partial charge in [0.05, 0.1) is 12.1 Å². The Balaban J connectivity index is 1.74. The van der Waals surface area contributed by atoms with Gasteiger partial charge in [0.1, 0.15) is 0 Å². The second-order valence-corrected chi connectivity index (χ2v) is 5.33. The Bertz CT molecular complexity index is 601. The van der Waals surface area contributed by atoms with Gasteiger partial charge in [-0.15, -0.1) is 0 Å². The van der Waals surface area contributed by atoms with Gasteiger partial charge in [0.25, 0.3) is 0 Å². The average molecular weight is 272 g/mol. The number of hydrogen-bond donors (Lipinski definition) is 0. The first-order valence-electron chi connectivity index (χ1n) is 7.23. The third-order valence-electron chi connectivity index (χ3n) is 4.03. The van der Waals surface area contributed by atoms with Gasteiger partial charge in [-0.3, -0.25) is 4.98 Å². The van der Waals surface area contributed by atoms with Crippen LogP contribution in [0.5, 0.6) is 0 Å². The van der Waals surface area contributed by atoms with Gasteiger partial charge in [-0.2, -0.15) is 0 Å². The van der Waals surface area contributed by atoms with E-state index in [0.29, 0.717) is 12.1 Å². The number of hydrogen-bond acceptors (Lipinski definition) is 2. The van der Waals surface area contributed by atoms with Crippen LogP contribution < -0.4 is 4.90 Å². The Labute approximate surface area is 124 Å². The van der Waals surface area contributed by atoms with Crippen molar-refractivity contribution in [1.29, 1.82) is 0 Å². The Kier molecular flexibility index (Phi) is 2.93. The second kappa shape index (κ2) is 5.06. The molecule has 1 aliphatic rings. The highest BCUT2D eigenvalue weighted by molar-refractivity contribution is 5.61. The summed E-state index contributed by atoms with van der Waals surface area (Å²) in [5.41, 5.74) is 3.89. The lowest BCUT2D eigenvalue weighted by molar-refractivity contribution is 1.01. The van der Waals surface area contributed by atoms with Gasteiger partial charge in [0, 0.05) is 18.1 Å². The van der Waals surface area contributed by atoms with Gasteiger partial charge in [-0.05, 0) is 29.3 Å². The van der Waals surface area contributed by atoms with Crippen LogP contribution in [0.25, 0.3) is 0 Å². The van der Waals surface area contributed by atoms with E-state index in [2.05, 4.69) is 76.6 Å². The predicted molar refractivity (Wildman–Crippen MR) is 85.1 cm³/mol. The molecule has 2 nitrogen and oxygen atoms in total. The molecule has 1 saturated heterocycles. The zero-order chi connectivity index (χ0) is 14.1. The summed E-state index contributed by atoms with van der Waals surface area (Å²) in [6, 6.07) is 26.2. The molecule has 0 N–H and O–H groups in total. The van der Waals surface area contributed by atoms with Gasteiger partial charge in [0.15, 0.2) is 0 Å². The van der Waals surface area contributed by atoms with Gasteiger partial charge in [-0.1, -0.05) is 54.6 Å². The Morgan fingerprint density at radius 2 is 1.29 bits per heavy atom. The molecule has 3 aromatic rings. The lowest BCUT2D eigenvalue weighted by Gasteiger charge is -2.06. The standard InChI is InChI=1S/C19H16N2/c1-3-8-15(9-4-1)18-19(16-10-7-13-20-14-16)21(18)17-11-5-2-6-12-17/h1-14,18-19H/t18-,19-,21?/m0/s1. The van der Waals surface area contributed by atoms with Crippen LogP contribution in [-0.2, 0) is 0 Å². The molecule has 0 aliphatic carbocycles. The molecule has 0 unspecified atom stereocenters. The molecule has 0 radical (unpaired) electrons. The van der Waals surface area contributed by atoms with E-state index in [1.165, 1.54) is 16.8 Å². The summed E-state index contributed by atoms with van der Waals surface area (Å²) in [7, 11) is 0. The number of rotatable bonds is 3. The topological polar surface area (TPSA) is 15.9 Å².